The number of carbonyl (C=O) groups is 1. The average Bonchev–Trinajstić information content (AvgIpc) is 3.23. The van der Waals surface area contributed by atoms with Gasteiger partial charge < -0.3 is 19.6 Å². The number of nitrogens with zero attached hydrogens (tertiary/aromatic N) is 1. The van der Waals surface area contributed by atoms with E-state index in [0.29, 0.717) is 17.0 Å². The third-order valence-corrected chi connectivity index (χ3v) is 5.58. The van der Waals surface area contributed by atoms with Gasteiger partial charge in [0.05, 0.1) is 0 Å². The van der Waals surface area contributed by atoms with E-state index in [9.17, 15) is 18.0 Å². The highest BCUT2D eigenvalue weighted by molar-refractivity contribution is 5.82. The fourth-order valence-corrected chi connectivity index (χ4v) is 3.69. The molecule has 1 aromatic heterocycles. The third kappa shape index (κ3) is 5.63. The molecular weight excluding hydrogens is 461 g/mol. The molecule has 6 nitrogen and oxygen atoms in total. The van der Waals surface area contributed by atoms with Gasteiger partial charge >= 0.3 is 12.1 Å². The van der Waals surface area contributed by atoms with E-state index in [-0.39, 0.29) is 17.9 Å². The molecule has 2 N–H and O–H groups in total. The van der Waals surface area contributed by atoms with Gasteiger partial charge in [-0.05, 0) is 42.7 Å². The lowest BCUT2D eigenvalue weighted by atomic mass is 9.96. The Bertz CT molecular complexity index is 1350. The van der Waals surface area contributed by atoms with Crippen molar-refractivity contribution in [3.05, 3.63) is 71.8 Å². The van der Waals surface area contributed by atoms with Crippen molar-refractivity contribution in [3.8, 4) is 28.3 Å². The molecule has 4 rings (SSSR count). The summed E-state index contributed by atoms with van der Waals surface area (Å²) < 4.78 is 49.3. The number of carboxylic acids is 1. The predicted octanol–water partition coefficient (Wildman–Crippen LogP) is 5.97. The molecule has 0 fully saturated rings. The lowest BCUT2D eigenvalue weighted by Crippen LogP contribution is -2.33. The van der Waals surface area contributed by atoms with Gasteiger partial charge in [-0.1, -0.05) is 42.5 Å². The highest BCUT2D eigenvalue weighted by Crippen LogP contribution is 2.35. The van der Waals surface area contributed by atoms with Crippen molar-refractivity contribution in [2.75, 3.05) is 6.61 Å². The van der Waals surface area contributed by atoms with Crippen LogP contribution in [0.5, 0.6) is 5.75 Å². The van der Waals surface area contributed by atoms with E-state index in [1.165, 1.54) is 13.0 Å². The van der Waals surface area contributed by atoms with Crippen LogP contribution in [0.1, 0.15) is 18.1 Å². The normalized spacial score (nSPS) is 12.6. The first-order chi connectivity index (χ1) is 16.6. The molecule has 35 heavy (non-hydrogen) atoms. The number of rotatable bonds is 8. The summed E-state index contributed by atoms with van der Waals surface area (Å²) in [5.74, 6) is -0.820. The van der Waals surface area contributed by atoms with E-state index in [4.69, 9.17) is 14.3 Å². The van der Waals surface area contributed by atoms with Crippen LogP contribution in [0.25, 0.3) is 33.7 Å². The zero-order chi connectivity index (χ0) is 25.2. The molecule has 9 heteroatoms. The largest absolute Gasteiger partial charge is 0.484 e. The number of ether oxygens (including phenoxy) is 1. The molecule has 0 saturated heterocycles. The highest BCUT2D eigenvalue weighted by Gasteiger charge is 2.29. The summed E-state index contributed by atoms with van der Waals surface area (Å²) in [4.78, 5) is 15.7. The summed E-state index contributed by atoms with van der Waals surface area (Å²) in [6.07, 6.45) is -4.53. The first kappa shape index (κ1) is 24.3. The molecule has 4 aromatic rings. The van der Waals surface area contributed by atoms with Gasteiger partial charge in [-0.2, -0.15) is 13.2 Å². The average molecular weight is 484 g/mol. The number of alkyl halides is 3. The molecule has 3 aromatic carbocycles. The van der Waals surface area contributed by atoms with Crippen molar-refractivity contribution in [3.63, 3.8) is 0 Å². The Morgan fingerprint density at radius 1 is 1.11 bits per heavy atom. The number of nitrogens with one attached hydrogen (secondary N) is 1. The number of hydrogen-bond acceptors (Lipinski definition) is 5. The fraction of sp³-hybridized carbons (Fsp3) is 0.231. The number of halogens is 3. The van der Waals surface area contributed by atoms with Crippen LogP contribution in [0, 0.1) is 6.92 Å². The molecule has 0 aliphatic carbocycles. The number of carboxylic acid groups (broad SMARTS) is 1. The minimum Gasteiger partial charge on any atom is -0.484 e. The molecule has 1 heterocycles. The van der Waals surface area contributed by atoms with Crippen molar-refractivity contribution < 1.29 is 32.2 Å². The van der Waals surface area contributed by atoms with E-state index in [1.807, 2.05) is 55.5 Å². The fourth-order valence-electron chi connectivity index (χ4n) is 3.69. The van der Waals surface area contributed by atoms with E-state index in [2.05, 4.69) is 10.3 Å². The maximum absolute atomic E-state index is 12.8. The molecule has 182 valence electrons. The number of aromatic nitrogens is 1. The summed E-state index contributed by atoms with van der Waals surface area (Å²) in [6.45, 7) is 1.88. The number of fused-ring (bicyclic) bond motifs is 1. The lowest BCUT2D eigenvalue weighted by molar-refractivity contribution is -0.153. The van der Waals surface area contributed by atoms with Crippen molar-refractivity contribution in [1.29, 1.82) is 0 Å². The van der Waals surface area contributed by atoms with Crippen LogP contribution in [0.2, 0.25) is 0 Å². The summed E-state index contributed by atoms with van der Waals surface area (Å²) in [6, 6.07) is 17.6. The monoisotopic (exact) mass is 484 g/mol. The van der Waals surface area contributed by atoms with Gasteiger partial charge in [0.1, 0.15) is 17.3 Å². The molecule has 0 saturated carbocycles. The van der Waals surface area contributed by atoms with Crippen molar-refractivity contribution >= 4 is 17.1 Å². The van der Waals surface area contributed by atoms with Gasteiger partial charge in [-0.3, -0.25) is 4.79 Å². The van der Waals surface area contributed by atoms with E-state index >= 15 is 0 Å². The SMILES string of the molecule is Cc1c(-c2ccccc2)cccc1-c1nc2cc(CN[C@@H](C)C(=O)O)c(OCC(F)(F)F)cc2o1. The Balaban J connectivity index is 1.73. The molecule has 1 atom stereocenters. The zero-order valence-corrected chi connectivity index (χ0v) is 19.0. The number of benzene rings is 3. The lowest BCUT2D eigenvalue weighted by Gasteiger charge is -2.15. The molecule has 0 aliphatic heterocycles. The van der Waals surface area contributed by atoms with Crippen LogP contribution >= 0.6 is 0 Å². The summed E-state index contributed by atoms with van der Waals surface area (Å²) >= 11 is 0. The molecule has 0 aliphatic rings. The number of hydrogen-bond donors (Lipinski definition) is 2. The van der Waals surface area contributed by atoms with E-state index in [1.54, 1.807) is 6.07 Å². The van der Waals surface area contributed by atoms with Crippen LogP contribution in [0.3, 0.4) is 0 Å². The minimum atomic E-state index is -4.53. The maximum Gasteiger partial charge on any atom is 0.422 e. The van der Waals surface area contributed by atoms with Crippen LogP contribution in [0.15, 0.2) is 65.1 Å². The predicted molar refractivity (Wildman–Crippen MR) is 125 cm³/mol. The summed E-state index contributed by atoms with van der Waals surface area (Å²) in [5.41, 5.74) is 4.75. The Morgan fingerprint density at radius 2 is 1.83 bits per heavy atom. The van der Waals surface area contributed by atoms with Crippen LogP contribution in [-0.2, 0) is 11.3 Å². The molecular formula is C26H23F3N2O4. The third-order valence-electron chi connectivity index (χ3n) is 5.58. The van der Waals surface area contributed by atoms with Crippen molar-refractivity contribution in [2.24, 2.45) is 0 Å². The molecule has 0 bridgehead atoms. The Labute approximate surface area is 199 Å². The Kier molecular flexibility index (Phi) is 6.79. The van der Waals surface area contributed by atoms with E-state index in [0.717, 1.165) is 22.3 Å². The van der Waals surface area contributed by atoms with Gasteiger partial charge in [0.25, 0.3) is 0 Å². The van der Waals surface area contributed by atoms with Gasteiger partial charge in [0.2, 0.25) is 5.89 Å². The first-order valence-electron chi connectivity index (χ1n) is 10.9. The van der Waals surface area contributed by atoms with Crippen molar-refractivity contribution in [2.45, 2.75) is 32.6 Å². The molecule has 0 amide bonds. The van der Waals surface area contributed by atoms with Gasteiger partial charge in [-0.15, -0.1) is 0 Å². The second-order valence-electron chi connectivity index (χ2n) is 8.14. The number of aliphatic carboxylic acids is 1. The zero-order valence-electron chi connectivity index (χ0n) is 19.0. The second-order valence-corrected chi connectivity index (χ2v) is 8.14. The van der Waals surface area contributed by atoms with Gasteiger partial charge in [-0.25, -0.2) is 4.98 Å². The van der Waals surface area contributed by atoms with Crippen LogP contribution in [-0.4, -0.2) is 34.9 Å². The molecule has 0 spiro atoms. The second kappa shape index (κ2) is 9.79. The summed E-state index contributed by atoms with van der Waals surface area (Å²) in [7, 11) is 0. The quantitative estimate of drug-likeness (QED) is 0.320. The van der Waals surface area contributed by atoms with Gasteiger partial charge in [0, 0.05) is 23.7 Å². The number of oxazole rings is 1. The topological polar surface area (TPSA) is 84.6 Å². The standard InChI is InChI=1S/C26H23F3N2O4/c1-15-19(17-7-4-3-5-8-17)9-6-10-20(15)24-31-21-11-18(13-30-16(2)25(32)33)22(12-23(21)35-24)34-14-26(27,28)29/h3-12,16,30H,13-14H2,1-2H3,(H,32,33)/t16-/m0/s1. The van der Waals surface area contributed by atoms with Crippen LogP contribution in [0.4, 0.5) is 13.2 Å². The Morgan fingerprint density at radius 3 is 2.51 bits per heavy atom. The summed E-state index contributed by atoms with van der Waals surface area (Å²) in [5, 5.41) is 11.9. The maximum atomic E-state index is 12.8. The van der Waals surface area contributed by atoms with Crippen LogP contribution < -0.4 is 10.1 Å². The van der Waals surface area contributed by atoms with Gasteiger partial charge in [0.15, 0.2) is 12.2 Å². The smallest absolute Gasteiger partial charge is 0.422 e. The molecule has 0 unspecified atom stereocenters. The first-order valence-corrected chi connectivity index (χ1v) is 10.9. The van der Waals surface area contributed by atoms with E-state index < -0.39 is 24.8 Å². The highest BCUT2D eigenvalue weighted by atomic mass is 19.4. The molecule has 0 radical (unpaired) electrons. The minimum absolute atomic E-state index is 0.0265. The van der Waals surface area contributed by atoms with Crippen molar-refractivity contribution in [1.82, 2.24) is 10.3 Å². The Hall–Kier alpha value is -3.85.